The molecule has 0 bridgehead atoms. The maximum atomic E-state index is 12.9. The molecule has 4 aliphatic carbocycles. The van der Waals surface area contributed by atoms with E-state index in [1.807, 2.05) is 0 Å². The summed E-state index contributed by atoms with van der Waals surface area (Å²) in [6.45, 7) is 5.81. The van der Waals surface area contributed by atoms with Crippen molar-refractivity contribution in [1.29, 1.82) is 0 Å². The molecule has 4 aliphatic rings. The third kappa shape index (κ3) is 8.47. The zero-order chi connectivity index (χ0) is 35.5. The van der Waals surface area contributed by atoms with Crippen molar-refractivity contribution >= 4 is 11.7 Å². The molecule has 0 aromatic heterocycles. The number of aliphatic hydroxyl groups excluding tert-OH is 1. The zero-order valence-electron chi connectivity index (χ0n) is 29.3. The summed E-state index contributed by atoms with van der Waals surface area (Å²) in [4.78, 5) is 24.2. The van der Waals surface area contributed by atoms with Gasteiger partial charge in [-0.25, -0.2) is 0 Å². The minimum atomic E-state index is -5.58. The van der Waals surface area contributed by atoms with Crippen molar-refractivity contribution in [3.8, 4) is 5.75 Å². The summed E-state index contributed by atoms with van der Waals surface area (Å²) in [6.07, 6.45) is 5.21. The van der Waals surface area contributed by atoms with Gasteiger partial charge < -0.3 is 15.2 Å². The second kappa shape index (κ2) is 15.6. The molecule has 1 amide bonds. The quantitative estimate of drug-likeness (QED) is 0.141. The summed E-state index contributed by atoms with van der Waals surface area (Å²) < 4.78 is 68.6. The molecule has 5 rings (SSSR count). The number of carbonyl (C=O) groups excluding carboxylic acids is 2. The highest BCUT2D eigenvalue weighted by molar-refractivity contribution is 5.79. The van der Waals surface area contributed by atoms with E-state index in [9.17, 15) is 36.6 Å². The summed E-state index contributed by atoms with van der Waals surface area (Å²) >= 11 is 0. The Morgan fingerprint density at radius 3 is 2.33 bits per heavy atom. The standard InChI is InChI=1S/C39H56F5NO4/c1-36-21-19-28(46)24-27(36)13-16-30-32-17-18-33(47)37(32,2)25-31(35(30)36)26-11-14-29(15-12-26)49-23-8-6-4-3-5-7-22-45-34(48)10-9-20-38(40,41)39(42,43)44/h11-12,14-15,27,30-33,35,47H,3-10,13,16-25H2,1-2H3,(H,45,48)/t27-,30-,31+,32-,33-,35+,36-,37-/m0/s1. The Morgan fingerprint density at radius 1 is 0.918 bits per heavy atom. The molecule has 276 valence electrons. The predicted octanol–water partition coefficient (Wildman–Crippen LogP) is 9.56. The number of Topliss-reactive ketones (excluding diaryl/α,β-unsaturated/α-hetero) is 1. The van der Waals surface area contributed by atoms with Gasteiger partial charge in [-0.3, -0.25) is 9.59 Å². The van der Waals surface area contributed by atoms with Crippen LogP contribution in [0.2, 0.25) is 0 Å². The van der Waals surface area contributed by atoms with Gasteiger partial charge in [0.05, 0.1) is 12.7 Å². The molecule has 0 unspecified atom stereocenters. The first-order valence-electron chi connectivity index (χ1n) is 18.8. The van der Waals surface area contributed by atoms with Crippen LogP contribution in [-0.2, 0) is 9.59 Å². The summed E-state index contributed by atoms with van der Waals surface area (Å²) in [6, 6.07) is 8.65. The first-order chi connectivity index (χ1) is 23.2. The average Bonchev–Trinajstić information content (AvgIpc) is 3.35. The van der Waals surface area contributed by atoms with Crippen LogP contribution in [0, 0.1) is 34.5 Å². The summed E-state index contributed by atoms with van der Waals surface area (Å²) in [5, 5.41) is 13.8. The van der Waals surface area contributed by atoms with E-state index in [0.717, 1.165) is 82.8 Å². The van der Waals surface area contributed by atoms with Gasteiger partial charge in [-0.2, -0.15) is 22.0 Å². The van der Waals surface area contributed by atoms with Crippen LogP contribution in [0.5, 0.6) is 5.75 Å². The van der Waals surface area contributed by atoms with Crippen LogP contribution in [0.15, 0.2) is 24.3 Å². The van der Waals surface area contributed by atoms with Crippen LogP contribution < -0.4 is 10.1 Å². The lowest BCUT2D eigenvalue weighted by Crippen LogP contribution is -2.56. The van der Waals surface area contributed by atoms with Crippen LogP contribution in [0.1, 0.15) is 134 Å². The summed E-state index contributed by atoms with van der Waals surface area (Å²) in [5.41, 5.74) is 1.43. The Kier molecular flexibility index (Phi) is 12.1. The first-order valence-corrected chi connectivity index (χ1v) is 18.8. The number of aliphatic hydroxyl groups is 1. The van der Waals surface area contributed by atoms with Crippen molar-refractivity contribution in [3.05, 3.63) is 29.8 Å². The number of fused-ring (bicyclic) bond motifs is 5. The Labute approximate surface area is 288 Å². The third-order valence-corrected chi connectivity index (χ3v) is 13.2. The topological polar surface area (TPSA) is 75.6 Å². The lowest BCUT2D eigenvalue weighted by Gasteiger charge is -2.62. The first kappa shape index (κ1) is 38.0. The maximum absolute atomic E-state index is 12.9. The molecular weight excluding hydrogens is 641 g/mol. The lowest BCUT2D eigenvalue weighted by molar-refractivity contribution is -0.284. The van der Waals surface area contributed by atoms with E-state index in [2.05, 4.69) is 43.4 Å². The normalized spacial score (nSPS) is 33.0. The number of unbranched alkanes of at least 4 members (excludes halogenated alkanes) is 5. The molecule has 2 N–H and O–H groups in total. The molecule has 1 aromatic carbocycles. The van der Waals surface area contributed by atoms with E-state index in [-0.39, 0.29) is 23.4 Å². The van der Waals surface area contributed by atoms with Crippen molar-refractivity contribution in [2.24, 2.45) is 34.5 Å². The number of hydrogen-bond donors (Lipinski definition) is 2. The van der Waals surface area contributed by atoms with Crippen molar-refractivity contribution < 1.29 is 41.4 Å². The van der Waals surface area contributed by atoms with Gasteiger partial charge in [0.15, 0.2) is 0 Å². The van der Waals surface area contributed by atoms with Gasteiger partial charge >= 0.3 is 12.1 Å². The molecule has 4 saturated carbocycles. The van der Waals surface area contributed by atoms with E-state index in [1.54, 1.807) is 0 Å². The third-order valence-electron chi connectivity index (χ3n) is 13.2. The number of ketones is 1. The molecular formula is C39H56F5NO4. The molecule has 0 aliphatic heterocycles. The fourth-order valence-corrected chi connectivity index (χ4v) is 10.4. The molecule has 4 fully saturated rings. The fraction of sp³-hybridized carbons (Fsp3) is 0.795. The monoisotopic (exact) mass is 697 g/mol. The van der Waals surface area contributed by atoms with Crippen LogP contribution in [0.4, 0.5) is 22.0 Å². The molecule has 10 heteroatoms. The Hall–Kier alpha value is -2.23. The number of ether oxygens (including phenoxy) is 1. The van der Waals surface area contributed by atoms with Crippen LogP contribution in [0.25, 0.3) is 0 Å². The van der Waals surface area contributed by atoms with Crippen molar-refractivity contribution in [1.82, 2.24) is 5.32 Å². The number of amides is 1. The summed E-state index contributed by atoms with van der Waals surface area (Å²) in [7, 11) is 0. The van der Waals surface area contributed by atoms with E-state index in [4.69, 9.17) is 4.74 Å². The van der Waals surface area contributed by atoms with Crippen molar-refractivity contribution in [2.75, 3.05) is 13.2 Å². The van der Waals surface area contributed by atoms with Gasteiger partial charge in [-0.05, 0) is 116 Å². The van der Waals surface area contributed by atoms with E-state index in [1.165, 1.54) is 12.0 Å². The average molecular weight is 698 g/mol. The summed E-state index contributed by atoms with van der Waals surface area (Å²) in [5.74, 6) is -1.48. The zero-order valence-corrected chi connectivity index (χ0v) is 29.3. The second-order valence-corrected chi connectivity index (χ2v) is 16.2. The number of benzene rings is 1. The Morgan fingerprint density at radius 2 is 1.61 bits per heavy atom. The number of rotatable bonds is 15. The van der Waals surface area contributed by atoms with Crippen LogP contribution in [0.3, 0.4) is 0 Å². The molecule has 5 nitrogen and oxygen atoms in total. The predicted molar refractivity (Wildman–Crippen MR) is 178 cm³/mol. The number of nitrogens with one attached hydrogen (secondary N) is 1. The fourth-order valence-electron chi connectivity index (χ4n) is 10.4. The van der Waals surface area contributed by atoms with Gasteiger partial charge in [0, 0.05) is 32.2 Å². The van der Waals surface area contributed by atoms with Gasteiger partial charge in [0.2, 0.25) is 5.91 Å². The number of carbonyl (C=O) groups is 2. The molecule has 0 radical (unpaired) electrons. The van der Waals surface area contributed by atoms with Gasteiger partial charge in [-0.1, -0.05) is 51.7 Å². The van der Waals surface area contributed by atoms with Gasteiger partial charge in [0.1, 0.15) is 11.5 Å². The van der Waals surface area contributed by atoms with Gasteiger partial charge in [0.25, 0.3) is 0 Å². The van der Waals surface area contributed by atoms with E-state index < -0.39 is 30.8 Å². The molecule has 0 saturated heterocycles. The largest absolute Gasteiger partial charge is 0.494 e. The van der Waals surface area contributed by atoms with Crippen molar-refractivity contribution in [2.45, 2.75) is 147 Å². The lowest BCUT2D eigenvalue weighted by atomic mass is 9.42. The highest BCUT2D eigenvalue weighted by atomic mass is 19.4. The van der Waals surface area contributed by atoms with E-state index in [0.29, 0.717) is 54.9 Å². The van der Waals surface area contributed by atoms with Crippen LogP contribution >= 0.6 is 0 Å². The van der Waals surface area contributed by atoms with Crippen LogP contribution in [-0.4, -0.2) is 48.2 Å². The van der Waals surface area contributed by atoms with Gasteiger partial charge in [-0.15, -0.1) is 0 Å². The minimum Gasteiger partial charge on any atom is -0.494 e. The SMILES string of the molecule is C[C@]12CCC(=O)C[C@@H]1CC[C@@H]1[C@@H]2[C@@H](c2ccc(OCCCCCCCCNC(=O)CCCC(F)(F)C(F)(F)F)cc2)C[C@]2(C)[C@@H](O)CC[C@@H]12. The molecule has 0 heterocycles. The Bertz CT molecular complexity index is 1270. The number of hydrogen-bond acceptors (Lipinski definition) is 4. The van der Waals surface area contributed by atoms with Crippen molar-refractivity contribution in [3.63, 3.8) is 0 Å². The molecule has 49 heavy (non-hydrogen) atoms. The smallest absolute Gasteiger partial charge is 0.453 e. The second-order valence-electron chi connectivity index (χ2n) is 16.2. The molecule has 1 aromatic rings. The maximum Gasteiger partial charge on any atom is 0.453 e. The number of halogens is 5. The molecule has 8 atom stereocenters. The highest BCUT2D eigenvalue weighted by Crippen LogP contribution is 2.69. The van der Waals surface area contributed by atoms with E-state index >= 15 is 0 Å². The Balaban J connectivity index is 1.02. The highest BCUT2D eigenvalue weighted by Gasteiger charge is 2.63. The number of alkyl halides is 5. The molecule has 0 spiro atoms. The minimum absolute atomic E-state index is 0.0618.